The van der Waals surface area contributed by atoms with Crippen LogP contribution in [-0.2, 0) is 22.6 Å². The van der Waals surface area contributed by atoms with E-state index < -0.39 is 0 Å². The molecule has 6 nitrogen and oxygen atoms in total. The summed E-state index contributed by atoms with van der Waals surface area (Å²) in [6.07, 6.45) is 9.19. The van der Waals surface area contributed by atoms with E-state index in [1.165, 1.54) is 18.4 Å². The highest BCUT2D eigenvalue weighted by Crippen LogP contribution is 2.28. The van der Waals surface area contributed by atoms with Gasteiger partial charge in [0.2, 0.25) is 5.91 Å². The van der Waals surface area contributed by atoms with Crippen molar-refractivity contribution in [2.75, 3.05) is 6.54 Å². The van der Waals surface area contributed by atoms with Gasteiger partial charge in [0.1, 0.15) is 12.2 Å². The number of carbonyl (C=O) groups is 2. The lowest BCUT2D eigenvalue weighted by atomic mass is 10.1. The molecule has 1 aromatic heterocycles. The van der Waals surface area contributed by atoms with E-state index in [1.54, 1.807) is 4.90 Å². The Morgan fingerprint density at radius 1 is 1.30 bits per heavy atom. The largest absolute Gasteiger partial charge is 0.352 e. The van der Waals surface area contributed by atoms with Crippen LogP contribution >= 0.6 is 12.2 Å². The molecule has 1 aromatic carbocycles. The van der Waals surface area contributed by atoms with Crippen molar-refractivity contribution in [3.8, 4) is 0 Å². The van der Waals surface area contributed by atoms with E-state index >= 15 is 0 Å². The molecule has 2 heterocycles. The molecule has 2 N–H and O–H groups in total. The van der Waals surface area contributed by atoms with Crippen molar-refractivity contribution in [1.29, 1.82) is 0 Å². The lowest BCUT2D eigenvalue weighted by molar-refractivity contribution is -0.123. The molecule has 158 valence electrons. The van der Waals surface area contributed by atoms with Gasteiger partial charge in [-0.2, -0.15) is 0 Å². The van der Waals surface area contributed by atoms with Crippen molar-refractivity contribution in [1.82, 2.24) is 20.1 Å². The molecule has 30 heavy (non-hydrogen) atoms. The van der Waals surface area contributed by atoms with Gasteiger partial charge in [-0.05, 0) is 50.0 Å². The van der Waals surface area contributed by atoms with Crippen LogP contribution in [0.15, 0.2) is 30.1 Å². The molecule has 2 aromatic rings. The number of benzene rings is 1. The SMILES string of the molecule is CCc1cccc2c(/C=C3\NC(=S)N(CC)C3=O)cn(CC(=O)NC3CCCC3)c12. The second kappa shape index (κ2) is 8.60. The molecule has 0 bridgehead atoms. The molecule has 0 unspecified atom stereocenters. The molecule has 1 aliphatic carbocycles. The first-order valence-electron chi connectivity index (χ1n) is 10.8. The zero-order valence-electron chi connectivity index (χ0n) is 17.5. The minimum absolute atomic E-state index is 0.0392. The van der Waals surface area contributed by atoms with Crippen molar-refractivity contribution in [2.24, 2.45) is 0 Å². The van der Waals surface area contributed by atoms with Crippen LogP contribution in [0.3, 0.4) is 0 Å². The van der Waals surface area contributed by atoms with Crippen molar-refractivity contribution in [3.05, 3.63) is 41.2 Å². The monoisotopic (exact) mass is 424 g/mol. The van der Waals surface area contributed by atoms with Crippen molar-refractivity contribution in [3.63, 3.8) is 0 Å². The number of nitrogens with one attached hydrogen (secondary N) is 2. The molecule has 0 atom stereocenters. The Bertz CT molecular complexity index is 1030. The minimum atomic E-state index is -0.117. The minimum Gasteiger partial charge on any atom is -0.352 e. The first-order valence-corrected chi connectivity index (χ1v) is 11.2. The fraction of sp³-hybridized carbons (Fsp3) is 0.435. The number of hydrogen-bond acceptors (Lipinski definition) is 3. The Labute approximate surface area is 182 Å². The van der Waals surface area contributed by atoms with Gasteiger partial charge in [-0.25, -0.2) is 0 Å². The maximum atomic E-state index is 12.7. The van der Waals surface area contributed by atoms with Gasteiger partial charge in [-0.1, -0.05) is 38.0 Å². The molecule has 2 amide bonds. The molecule has 2 aliphatic rings. The number of aryl methyl sites for hydroxylation is 1. The predicted molar refractivity (Wildman–Crippen MR) is 123 cm³/mol. The Morgan fingerprint density at radius 2 is 2.07 bits per heavy atom. The second-order valence-corrected chi connectivity index (χ2v) is 8.35. The summed E-state index contributed by atoms with van der Waals surface area (Å²) in [4.78, 5) is 26.9. The molecule has 1 saturated carbocycles. The van der Waals surface area contributed by atoms with E-state index in [1.807, 2.05) is 35.9 Å². The third-order valence-corrected chi connectivity index (χ3v) is 6.33. The van der Waals surface area contributed by atoms with Gasteiger partial charge < -0.3 is 15.2 Å². The summed E-state index contributed by atoms with van der Waals surface area (Å²) in [5.74, 6) is -0.0775. The smallest absolute Gasteiger partial charge is 0.276 e. The lowest BCUT2D eigenvalue weighted by Gasteiger charge is -2.13. The number of fused-ring (bicyclic) bond motifs is 1. The van der Waals surface area contributed by atoms with Gasteiger partial charge >= 0.3 is 0 Å². The Hall–Kier alpha value is -2.67. The number of amides is 2. The molecule has 0 radical (unpaired) electrons. The fourth-order valence-electron chi connectivity index (χ4n) is 4.50. The molecule has 1 saturated heterocycles. The molecule has 2 fully saturated rings. The van der Waals surface area contributed by atoms with Crippen LogP contribution in [0.4, 0.5) is 0 Å². The Balaban J connectivity index is 1.69. The maximum Gasteiger partial charge on any atom is 0.276 e. The average molecular weight is 425 g/mol. The van der Waals surface area contributed by atoms with Crippen molar-refractivity contribution >= 4 is 46.1 Å². The summed E-state index contributed by atoms with van der Waals surface area (Å²) >= 11 is 5.27. The normalized spacial score (nSPS) is 18.6. The number of rotatable bonds is 6. The third-order valence-electron chi connectivity index (χ3n) is 6.01. The number of aromatic nitrogens is 1. The van der Waals surface area contributed by atoms with Crippen LogP contribution < -0.4 is 10.6 Å². The highest BCUT2D eigenvalue weighted by Gasteiger charge is 2.29. The van der Waals surface area contributed by atoms with Crippen LogP contribution in [0.25, 0.3) is 17.0 Å². The van der Waals surface area contributed by atoms with Gasteiger partial charge in [-0.15, -0.1) is 0 Å². The molecule has 7 heteroatoms. The van der Waals surface area contributed by atoms with E-state index in [4.69, 9.17) is 12.2 Å². The summed E-state index contributed by atoms with van der Waals surface area (Å²) in [7, 11) is 0. The summed E-state index contributed by atoms with van der Waals surface area (Å²) < 4.78 is 2.01. The molecule has 0 spiro atoms. The van der Waals surface area contributed by atoms with E-state index in [2.05, 4.69) is 23.6 Å². The Morgan fingerprint density at radius 3 is 2.73 bits per heavy atom. The van der Waals surface area contributed by atoms with E-state index in [0.29, 0.717) is 23.4 Å². The number of thiocarbonyl (C=S) groups is 1. The molecular formula is C23H28N4O2S. The summed E-state index contributed by atoms with van der Waals surface area (Å²) in [6.45, 7) is 4.82. The number of para-hydroxylation sites is 1. The summed E-state index contributed by atoms with van der Waals surface area (Å²) in [5.41, 5.74) is 3.61. The molecular weight excluding hydrogens is 396 g/mol. The predicted octanol–water partition coefficient (Wildman–Crippen LogP) is 3.34. The lowest BCUT2D eigenvalue weighted by Crippen LogP contribution is -2.35. The van der Waals surface area contributed by atoms with Gasteiger partial charge in [-0.3, -0.25) is 14.5 Å². The van der Waals surface area contributed by atoms with Crippen LogP contribution in [0, 0.1) is 0 Å². The zero-order chi connectivity index (χ0) is 21.3. The zero-order valence-corrected chi connectivity index (χ0v) is 18.3. The number of nitrogens with zero attached hydrogens (tertiary/aromatic N) is 2. The summed E-state index contributed by atoms with van der Waals surface area (Å²) in [6, 6.07) is 6.46. The Kier molecular flexibility index (Phi) is 5.90. The number of likely N-dealkylation sites (N-methyl/N-ethyl adjacent to an activating group) is 1. The number of carbonyl (C=O) groups excluding carboxylic acids is 2. The van der Waals surface area contributed by atoms with Crippen molar-refractivity contribution < 1.29 is 9.59 Å². The molecule has 1 aliphatic heterocycles. The maximum absolute atomic E-state index is 12.7. The van der Waals surface area contributed by atoms with Crippen LogP contribution in [0.2, 0.25) is 0 Å². The fourth-order valence-corrected chi connectivity index (χ4v) is 4.82. The van der Waals surface area contributed by atoms with Gasteiger partial charge in [0, 0.05) is 29.7 Å². The highest BCUT2D eigenvalue weighted by atomic mass is 32.1. The first kappa shape index (κ1) is 20.6. The topological polar surface area (TPSA) is 66.4 Å². The van der Waals surface area contributed by atoms with E-state index in [9.17, 15) is 9.59 Å². The van der Waals surface area contributed by atoms with Crippen LogP contribution in [-0.4, -0.2) is 39.0 Å². The standard InChI is InChI=1S/C23H28N4O2S/c1-3-15-8-7-11-18-16(12-19-22(29)27(4-2)23(30)25-19)13-26(21(15)18)14-20(28)24-17-9-5-6-10-17/h7-8,11-13,17H,3-6,9-10,14H2,1-2H3,(H,24,28)(H,25,30)/b19-12-. The van der Waals surface area contributed by atoms with E-state index in [-0.39, 0.29) is 18.4 Å². The van der Waals surface area contributed by atoms with Crippen molar-refractivity contribution in [2.45, 2.75) is 58.5 Å². The van der Waals surface area contributed by atoms with Gasteiger partial charge in [0.05, 0.1) is 5.52 Å². The first-order chi connectivity index (χ1) is 14.5. The van der Waals surface area contributed by atoms with Gasteiger partial charge in [0.15, 0.2) is 5.11 Å². The second-order valence-electron chi connectivity index (χ2n) is 7.97. The number of hydrogen-bond donors (Lipinski definition) is 2. The quantitative estimate of drug-likeness (QED) is 0.551. The van der Waals surface area contributed by atoms with Gasteiger partial charge in [0.25, 0.3) is 5.91 Å². The molecule has 4 rings (SSSR count). The highest BCUT2D eigenvalue weighted by molar-refractivity contribution is 7.80. The summed E-state index contributed by atoms with van der Waals surface area (Å²) in [5, 5.41) is 7.66. The average Bonchev–Trinajstić information content (AvgIpc) is 3.42. The van der Waals surface area contributed by atoms with E-state index in [0.717, 1.165) is 35.7 Å². The third kappa shape index (κ3) is 3.86. The van der Waals surface area contributed by atoms with Crippen LogP contribution in [0.5, 0.6) is 0 Å². The van der Waals surface area contributed by atoms with Crippen LogP contribution in [0.1, 0.15) is 50.7 Å².